The summed E-state index contributed by atoms with van der Waals surface area (Å²) in [5.41, 5.74) is 0. The highest BCUT2D eigenvalue weighted by Gasteiger charge is 2.22. The van der Waals surface area contributed by atoms with Crippen molar-refractivity contribution in [3.8, 4) is 0 Å². The molecule has 0 aromatic heterocycles. The summed E-state index contributed by atoms with van der Waals surface area (Å²) in [7, 11) is 0. The third-order valence-electron chi connectivity index (χ3n) is 2.73. The summed E-state index contributed by atoms with van der Waals surface area (Å²) in [4.78, 5) is 0. The smallest absolute Gasteiger partial charge is 0.0786 e. The molecule has 0 bridgehead atoms. The maximum absolute atomic E-state index is 4.00. The van der Waals surface area contributed by atoms with Crippen molar-refractivity contribution < 1.29 is 4.48 Å². The lowest BCUT2D eigenvalue weighted by Gasteiger charge is -2.38. The number of hydrogen-bond donors (Lipinski definition) is 0. The van der Waals surface area contributed by atoms with E-state index in [0.29, 0.717) is 0 Å². The Morgan fingerprint density at radius 1 is 0.769 bits per heavy atom. The molecule has 0 spiro atoms. The molecule has 0 N–H and O–H groups in total. The minimum Gasteiger partial charge on any atom is -0.324 e. The molecule has 1 nitrogen and oxygen atoms in total. The molecule has 0 saturated heterocycles. The summed E-state index contributed by atoms with van der Waals surface area (Å²) in [5.74, 6) is 0. The fourth-order valence-electron chi connectivity index (χ4n) is 2.43. The molecule has 1 radical (unpaired) electrons. The van der Waals surface area contributed by atoms with Crippen LogP contribution in [0.2, 0.25) is 0 Å². The van der Waals surface area contributed by atoms with E-state index in [1.54, 1.807) is 0 Å². The van der Waals surface area contributed by atoms with E-state index in [1.165, 1.54) is 49.9 Å². The van der Waals surface area contributed by atoms with E-state index >= 15 is 0 Å². The molecule has 1 heteroatoms. The van der Waals surface area contributed by atoms with Gasteiger partial charge in [-0.25, -0.2) is 0 Å². The Morgan fingerprint density at radius 2 is 1.15 bits per heavy atom. The first kappa shape index (κ1) is 13.0. The van der Waals surface area contributed by atoms with Crippen molar-refractivity contribution in [3.63, 3.8) is 0 Å². The van der Waals surface area contributed by atoms with Crippen LogP contribution in [0, 0.1) is 6.92 Å². The fraction of sp³-hybridized carbons (Fsp3) is 0.917. The van der Waals surface area contributed by atoms with Crippen molar-refractivity contribution in [2.75, 3.05) is 26.2 Å². The third kappa shape index (κ3) is 4.66. The second-order valence-corrected chi connectivity index (χ2v) is 4.09. The first-order valence-corrected chi connectivity index (χ1v) is 5.89. The Hall–Kier alpha value is -0.0400. The molecular weight excluding hydrogens is 158 g/mol. The lowest BCUT2D eigenvalue weighted by molar-refractivity contribution is -0.928. The van der Waals surface area contributed by atoms with Crippen molar-refractivity contribution in [1.82, 2.24) is 0 Å². The number of quaternary nitrogens is 1. The molecule has 0 atom stereocenters. The van der Waals surface area contributed by atoms with Crippen LogP contribution in [-0.4, -0.2) is 30.7 Å². The number of rotatable bonds is 8. The second kappa shape index (κ2) is 7.37. The predicted molar refractivity (Wildman–Crippen MR) is 60.6 cm³/mol. The zero-order valence-corrected chi connectivity index (χ0v) is 9.81. The van der Waals surface area contributed by atoms with E-state index in [1.807, 2.05) is 0 Å². The van der Waals surface area contributed by atoms with Crippen LogP contribution in [0.25, 0.3) is 0 Å². The molecule has 0 aromatic rings. The lowest BCUT2D eigenvalue weighted by atomic mass is 10.2. The van der Waals surface area contributed by atoms with Crippen LogP contribution in [-0.2, 0) is 0 Å². The van der Waals surface area contributed by atoms with E-state index < -0.39 is 0 Å². The summed E-state index contributed by atoms with van der Waals surface area (Å²) >= 11 is 0. The summed E-state index contributed by atoms with van der Waals surface area (Å²) in [6.07, 6.45) is 5.00. The van der Waals surface area contributed by atoms with Gasteiger partial charge in [-0.15, -0.1) is 0 Å². The van der Waals surface area contributed by atoms with Crippen LogP contribution in [0.4, 0.5) is 0 Å². The van der Waals surface area contributed by atoms with Crippen molar-refractivity contribution in [1.29, 1.82) is 0 Å². The van der Waals surface area contributed by atoms with Crippen LogP contribution < -0.4 is 0 Å². The molecule has 13 heavy (non-hydrogen) atoms. The molecule has 0 unspecified atom stereocenters. The Balaban J connectivity index is 4.19. The van der Waals surface area contributed by atoms with E-state index in [9.17, 15) is 0 Å². The van der Waals surface area contributed by atoms with Gasteiger partial charge in [0.1, 0.15) is 0 Å². The predicted octanol–water partition coefficient (Wildman–Crippen LogP) is 3.26. The molecule has 0 aliphatic carbocycles. The average Bonchev–Trinajstić information content (AvgIpc) is 2.06. The minimum atomic E-state index is 1.08. The van der Waals surface area contributed by atoms with Gasteiger partial charge in [-0.3, -0.25) is 0 Å². The highest BCUT2D eigenvalue weighted by molar-refractivity contribution is 4.46. The number of hydrogen-bond acceptors (Lipinski definition) is 0. The summed E-state index contributed by atoms with van der Waals surface area (Å²) in [6.45, 7) is 16.2. The molecule has 0 rings (SSSR count). The average molecular weight is 185 g/mol. The third-order valence-corrected chi connectivity index (χ3v) is 2.73. The van der Waals surface area contributed by atoms with Crippen molar-refractivity contribution >= 4 is 0 Å². The zero-order chi connectivity index (χ0) is 10.2. The van der Waals surface area contributed by atoms with E-state index in [4.69, 9.17) is 0 Å². The highest BCUT2D eigenvalue weighted by Crippen LogP contribution is 2.12. The van der Waals surface area contributed by atoms with Gasteiger partial charge in [0.05, 0.1) is 26.2 Å². The van der Waals surface area contributed by atoms with Gasteiger partial charge in [0, 0.05) is 0 Å². The Bertz CT molecular complexity index is 80.2. The Kier molecular flexibility index (Phi) is 7.35. The van der Waals surface area contributed by atoms with Gasteiger partial charge in [-0.1, -0.05) is 20.8 Å². The van der Waals surface area contributed by atoms with Crippen molar-refractivity contribution in [3.05, 3.63) is 6.92 Å². The van der Waals surface area contributed by atoms with E-state index in [0.717, 1.165) is 6.42 Å². The molecule has 0 saturated carbocycles. The van der Waals surface area contributed by atoms with Crippen LogP contribution >= 0.6 is 0 Å². The van der Waals surface area contributed by atoms with E-state index in [2.05, 4.69) is 27.7 Å². The van der Waals surface area contributed by atoms with Gasteiger partial charge in [-0.2, -0.15) is 0 Å². The van der Waals surface area contributed by atoms with E-state index in [-0.39, 0.29) is 0 Å². The van der Waals surface area contributed by atoms with Crippen LogP contribution in [0.15, 0.2) is 0 Å². The largest absolute Gasteiger partial charge is 0.324 e. The van der Waals surface area contributed by atoms with Gasteiger partial charge in [0.2, 0.25) is 0 Å². The Morgan fingerprint density at radius 3 is 1.38 bits per heavy atom. The first-order chi connectivity index (χ1) is 6.24. The molecule has 0 amide bonds. The van der Waals surface area contributed by atoms with Gasteiger partial charge in [-0.05, 0) is 32.6 Å². The molecule has 0 aromatic carbocycles. The van der Waals surface area contributed by atoms with Gasteiger partial charge >= 0.3 is 0 Å². The van der Waals surface area contributed by atoms with Crippen molar-refractivity contribution in [2.45, 2.75) is 46.5 Å². The quantitative estimate of drug-likeness (QED) is 0.509. The zero-order valence-electron chi connectivity index (χ0n) is 9.81. The van der Waals surface area contributed by atoms with Crippen LogP contribution in [0.5, 0.6) is 0 Å². The number of nitrogens with zero attached hydrogens (tertiary/aromatic N) is 1. The highest BCUT2D eigenvalue weighted by atomic mass is 15.3. The fourth-order valence-corrected chi connectivity index (χ4v) is 2.43. The van der Waals surface area contributed by atoms with Gasteiger partial charge in [0.15, 0.2) is 0 Å². The van der Waals surface area contributed by atoms with Gasteiger partial charge in [0.25, 0.3) is 0 Å². The first-order valence-electron chi connectivity index (χ1n) is 5.89. The van der Waals surface area contributed by atoms with Crippen LogP contribution in [0.3, 0.4) is 0 Å². The van der Waals surface area contributed by atoms with Crippen LogP contribution in [0.1, 0.15) is 46.5 Å². The Labute approximate surface area is 84.7 Å². The summed E-state index contributed by atoms with van der Waals surface area (Å²) in [5, 5.41) is 0. The monoisotopic (exact) mass is 185 g/mol. The molecular formula is C12H27N+. The maximum atomic E-state index is 4.00. The second-order valence-electron chi connectivity index (χ2n) is 4.09. The standard InChI is InChI=1S/C12H27N/c1-5-9-13(10-6-2,11-7-3)12-8-4/h1,5-12H2,2-4H3/q+1. The molecule has 0 fully saturated rings. The van der Waals surface area contributed by atoms with Gasteiger partial charge < -0.3 is 4.48 Å². The molecule has 79 valence electrons. The molecule has 0 aliphatic heterocycles. The minimum absolute atomic E-state index is 1.08. The molecule has 0 aliphatic rings. The summed E-state index contributed by atoms with van der Waals surface area (Å²) < 4.78 is 1.31. The summed E-state index contributed by atoms with van der Waals surface area (Å²) in [6, 6.07) is 0. The van der Waals surface area contributed by atoms with Crippen molar-refractivity contribution in [2.24, 2.45) is 0 Å². The maximum Gasteiger partial charge on any atom is 0.0786 e. The normalized spacial score (nSPS) is 12.0. The lowest BCUT2D eigenvalue weighted by Crippen LogP contribution is -2.50. The topological polar surface area (TPSA) is 0 Å². The SMILES string of the molecule is [CH2]CC[N+](CCC)(CCC)CCC. The molecule has 0 heterocycles.